The normalized spacial score (nSPS) is 13.1. The van der Waals surface area contributed by atoms with E-state index >= 15 is 0 Å². The highest BCUT2D eigenvalue weighted by Gasteiger charge is 2.29. The van der Waals surface area contributed by atoms with Gasteiger partial charge in [-0.25, -0.2) is 4.98 Å². The van der Waals surface area contributed by atoms with Gasteiger partial charge in [-0.2, -0.15) is 0 Å². The van der Waals surface area contributed by atoms with Crippen LogP contribution in [0.4, 0.5) is 5.69 Å². The molecule has 0 unspecified atom stereocenters. The monoisotopic (exact) mass is 420 g/mol. The standard InChI is InChI=1S/C23H24N4O2S/c1-26(2)22(29)17-8-10-18(11-9-17)25-21(28)15-30-23-24-14-20(27(23)19-12-13-19)16-6-4-3-5-7-16/h3-11,14,19H,12-13,15H2,1-2H3,(H,25,28). The van der Waals surface area contributed by atoms with E-state index in [0.29, 0.717) is 17.3 Å². The molecule has 1 saturated carbocycles. The van der Waals surface area contributed by atoms with Crippen molar-refractivity contribution in [2.75, 3.05) is 25.2 Å². The Kier molecular flexibility index (Phi) is 5.90. The summed E-state index contributed by atoms with van der Waals surface area (Å²) >= 11 is 1.45. The Hall–Kier alpha value is -3.06. The van der Waals surface area contributed by atoms with Crippen molar-refractivity contribution >= 4 is 29.3 Å². The summed E-state index contributed by atoms with van der Waals surface area (Å²) in [5.41, 5.74) is 3.50. The number of nitrogens with zero attached hydrogens (tertiary/aromatic N) is 3. The van der Waals surface area contributed by atoms with Crippen LogP contribution in [0.1, 0.15) is 29.2 Å². The third kappa shape index (κ3) is 4.57. The molecule has 0 saturated heterocycles. The quantitative estimate of drug-likeness (QED) is 0.578. The number of benzene rings is 2. The van der Waals surface area contributed by atoms with Crippen molar-refractivity contribution in [1.29, 1.82) is 0 Å². The number of carbonyl (C=O) groups is 2. The number of rotatable bonds is 7. The van der Waals surface area contributed by atoms with Gasteiger partial charge in [0.05, 0.1) is 17.6 Å². The van der Waals surface area contributed by atoms with Gasteiger partial charge >= 0.3 is 0 Å². The van der Waals surface area contributed by atoms with Crippen molar-refractivity contribution < 1.29 is 9.59 Å². The maximum absolute atomic E-state index is 12.4. The molecule has 7 heteroatoms. The average Bonchev–Trinajstić information content (AvgIpc) is 3.51. The molecule has 2 aromatic carbocycles. The molecule has 30 heavy (non-hydrogen) atoms. The summed E-state index contributed by atoms with van der Waals surface area (Å²) in [6.07, 6.45) is 4.19. The van der Waals surface area contributed by atoms with Gasteiger partial charge in [-0.1, -0.05) is 42.1 Å². The molecular formula is C23H24N4O2S. The van der Waals surface area contributed by atoms with Gasteiger partial charge in [-0.05, 0) is 42.7 Å². The number of anilines is 1. The number of imidazole rings is 1. The van der Waals surface area contributed by atoms with Crippen molar-refractivity contribution in [1.82, 2.24) is 14.5 Å². The van der Waals surface area contributed by atoms with Gasteiger partial charge in [0.1, 0.15) is 0 Å². The largest absolute Gasteiger partial charge is 0.345 e. The fraction of sp³-hybridized carbons (Fsp3) is 0.261. The van der Waals surface area contributed by atoms with Crippen molar-refractivity contribution in [3.05, 3.63) is 66.4 Å². The van der Waals surface area contributed by atoms with Gasteiger partial charge in [0.15, 0.2) is 5.16 Å². The molecule has 1 N–H and O–H groups in total. The van der Waals surface area contributed by atoms with E-state index in [0.717, 1.165) is 29.3 Å². The summed E-state index contributed by atoms with van der Waals surface area (Å²) in [6.45, 7) is 0. The fourth-order valence-electron chi connectivity index (χ4n) is 3.24. The number of nitrogens with one attached hydrogen (secondary N) is 1. The van der Waals surface area contributed by atoms with Crippen molar-refractivity contribution in [2.24, 2.45) is 0 Å². The Bertz CT molecular complexity index is 1040. The first kappa shape index (κ1) is 20.2. The summed E-state index contributed by atoms with van der Waals surface area (Å²) in [5.74, 6) is 0.110. The van der Waals surface area contributed by atoms with Gasteiger partial charge in [0, 0.05) is 31.4 Å². The van der Waals surface area contributed by atoms with E-state index in [1.165, 1.54) is 16.7 Å². The van der Waals surface area contributed by atoms with E-state index in [2.05, 4.69) is 27.0 Å². The molecule has 4 rings (SSSR count). The predicted molar refractivity (Wildman–Crippen MR) is 120 cm³/mol. The highest BCUT2D eigenvalue weighted by molar-refractivity contribution is 7.99. The summed E-state index contributed by atoms with van der Waals surface area (Å²) in [4.78, 5) is 30.5. The molecule has 6 nitrogen and oxygen atoms in total. The SMILES string of the molecule is CN(C)C(=O)c1ccc(NC(=O)CSc2ncc(-c3ccccc3)n2C2CC2)cc1. The van der Waals surface area contributed by atoms with Gasteiger partial charge in [-0.15, -0.1) is 0 Å². The lowest BCUT2D eigenvalue weighted by Gasteiger charge is -2.12. The van der Waals surface area contributed by atoms with Gasteiger partial charge in [-0.3, -0.25) is 9.59 Å². The molecular weight excluding hydrogens is 396 g/mol. The van der Waals surface area contributed by atoms with Crippen molar-refractivity contribution in [3.63, 3.8) is 0 Å². The molecule has 1 aliphatic carbocycles. The van der Waals surface area contributed by atoms with Crippen molar-refractivity contribution in [3.8, 4) is 11.3 Å². The maximum Gasteiger partial charge on any atom is 0.253 e. The van der Waals surface area contributed by atoms with Gasteiger partial charge < -0.3 is 14.8 Å². The van der Waals surface area contributed by atoms with Crippen LogP contribution in [0.25, 0.3) is 11.3 Å². The number of hydrogen-bond acceptors (Lipinski definition) is 4. The van der Waals surface area contributed by atoms with Crippen LogP contribution in [-0.4, -0.2) is 46.1 Å². The summed E-state index contributed by atoms with van der Waals surface area (Å²) in [5, 5.41) is 3.76. The Morgan fingerprint density at radius 3 is 2.43 bits per heavy atom. The first-order valence-electron chi connectivity index (χ1n) is 9.90. The Labute approximate surface area is 180 Å². The lowest BCUT2D eigenvalue weighted by molar-refractivity contribution is -0.113. The Balaban J connectivity index is 1.40. The molecule has 2 amide bonds. The molecule has 0 radical (unpaired) electrons. The van der Waals surface area contributed by atoms with Crippen LogP contribution in [0.5, 0.6) is 0 Å². The molecule has 1 heterocycles. The third-order valence-electron chi connectivity index (χ3n) is 4.90. The minimum absolute atomic E-state index is 0.0652. The second kappa shape index (κ2) is 8.75. The molecule has 0 bridgehead atoms. The first-order chi connectivity index (χ1) is 14.5. The van der Waals surface area contributed by atoms with Crippen LogP contribution in [-0.2, 0) is 4.79 Å². The lowest BCUT2D eigenvalue weighted by atomic mass is 10.2. The average molecular weight is 421 g/mol. The number of aromatic nitrogens is 2. The molecule has 1 aromatic heterocycles. The Morgan fingerprint density at radius 1 is 1.10 bits per heavy atom. The molecule has 154 valence electrons. The summed E-state index contributed by atoms with van der Waals surface area (Å²) < 4.78 is 2.26. The summed E-state index contributed by atoms with van der Waals surface area (Å²) in [7, 11) is 3.42. The number of thioether (sulfide) groups is 1. The van der Waals surface area contributed by atoms with Crippen LogP contribution in [0.15, 0.2) is 66.0 Å². The van der Waals surface area contributed by atoms with E-state index < -0.39 is 0 Å². The second-order valence-corrected chi connectivity index (χ2v) is 8.45. The van der Waals surface area contributed by atoms with E-state index in [4.69, 9.17) is 0 Å². The van der Waals surface area contributed by atoms with Crippen LogP contribution >= 0.6 is 11.8 Å². The van der Waals surface area contributed by atoms with E-state index in [9.17, 15) is 9.59 Å². The molecule has 0 spiro atoms. The van der Waals surface area contributed by atoms with Crippen LogP contribution in [0, 0.1) is 0 Å². The van der Waals surface area contributed by atoms with E-state index in [-0.39, 0.29) is 17.6 Å². The van der Waals surface area contributed by atoms with Crippen molar-refractivity contribution in [2.45, 2.75) is 24.0 Å². The topological polar surface area (TPSA) is 67.2 Å². The zero-order valence-electron chi connectivity index (χ0n) is 17.0. The maximum atomic E-state index is 12.4. The summed E-state index contributed by atoms with van der Waals surface area (Å²) in [6, 6.07) is 17.6. The highest BCUT2D eigenvalue weighted by atomic mass is 32.2. The molecule has 0 atom stereocenters. The number of carbonyl (C=O) groups excluding carboxylic acids is 2. The first-order valence-corrected chi connectivity index (χ1v) is 10.9. The molecule has 3 aromatic rings. The number of amides is 2. The lowest BCUT2D eigenvalue weighted by Crippen LogP contribution is -2.21. The zero-order valence-corrected chi connectivity index (χ0v) is 17.9. The third-order valence-corrected chi connectivity index (χ3v) is 5.87. The van der Waals surface area contributed by atoms with E-state index in [1.54, 1.807) is 38.4 Å². The molecule has 1 fully saturated rings. The molecule has 0 aliphatic heterocycles. The highest BCUT2D eigenvalue weighted by Crippen LogP contribution is 2.41. The van der Waals surface area contributed by atoms with Crippen LogP contribution < -0.4 is 5.32 Å². The fourth-order valence-corrected chi connectivity index (χ4v) is 4.09. The smallest absolute Gasteiger partial charge is 0.253 e. The van der Waals surface area contributed by atoms with Crippen LogP contribution in [0.2, 0.25) is 0 Å². The zero-order chi connectivity index (χ0) is 21.1. The van der Waals surface area contributed by atoms with Gasteiger partial charge in [0.2, 0.25) is 5.91 Å². The number of hydrogen-bond donors (Lipinski definition) is 1. The van der Waals surface area contributed by atoms with Crippen LogP contribution in [0.3, 0.4) is 0 Å². The Morgan fingerprint density at radius 2 is 1.80 bits per heavy atom. The van der Waals surface area contributed by atoms with E-state index in [1.807, 2.05) is 24.4 Å². The van der Waals surface area contributed by atoms with Gasteiger partial charge in [0.25, 0.3) is 5.91 Å². The molecule has 1 aliphatic rings. The predicted octanol–water partition coefficient (Wildman–Crippen LogP) is 4.32. The minimum Gasteiger partial charge on any atom is -0.345 e. The minimum atomic E-state index is -0.0988. The second-order valence-electron chi connectivity index (χ2n) is 7.51.